The van der Waals surface area contributed by atoms with E-state index < -0.39 is 0 Å². The number of aryl methyl sites for hydroxylation is 2. The molecule has 5 nitrogen and oxygen atoms in total. The molecule has 5 heteroatoms. The van der Waals surface area contributed by atoms with E-state index in [0.717, 1.165) is 42.8 Å². The average molecular weight is 399 g/mol. The summed E-state index contributed by atoms with van der Waals surface area (Å²) in [6, 6.07) is 18.4. The van der Waals surface area contributed by atoms with Crippen LogP contribution in [-0.2, 0) is 19.6 Å². The summed E-state index contributed by atoms with van der Waals surface area (Å²) in [5, 5.41) is 0. The third-order valence-electron chi connectivity index (χ3n) is 4.79. The summed E-state index contributed by atoms with van der Waals surface area (Å²) >= 11 is 0. The molecular formula is C25H25N3O2. The molecule has 0 aliphatic heterocycles. The first-order valence-electron chi connectivity index (χ1n) is 10.2. The van der Waals surface area contributed by atoms with Gasteiger partial charge >= 0.3 is 0 Å². The molecule has 0 saturated carbocycles. The maximum Gasteiger partial charge on any atom is 0.218 e. The van der Waals surface area contributed by atoms with Crippen LogP contribution in [0, 0.1) is 0 Å². The standard InChI is InChI=1S/C25H25N3O2/c1-2-6-21(7-3-1)11-14-25-27-23(19-30-25)18-29-24-12-9-22(10-13-24)8-4-5-16-28-17-15-26-20-28/h1-3,6-7,9-15,17,19-20H,4-5,8,16,18H2/b14-11+. The fraction of sp³-hybridized carbons (Fsp3) is 0.200. The fourth-order valence-electron chi connectivity index (χ4n) is 3.15. The Morgan fingerprint density at radius 2 is 1.83 bits per heavy atom. The van der Waals surface area contributed by atoms with E-state index in [1.54, 1.807) is 6.26 Å². The van der Waals surface area contributed by atoms with Gasteiger partial charge in [0.1, 0.15) is 24.3 Å². The highest BCUT2D eigenvalue weighted by Gasteiger charge is 2.03. The van der Waals surface area contributed by atoms with Crippen LogP contribution in [-0.4, -0.2) is 14.5 Å². The molecule has 2 aromatic heterocycles. The van der Waals surface area contributed by atoms with Gasteiger partial charge in [-0.15, -0.1) is 0 Å². The van der Waals surface area contributed by atoms with Gasteiger partial charge < -0.3 is 13.7 Å². The topological polar surface area (TPSA) is 53.1 Å². The van der Waals surface area contributed by atoms with E-state index in [1.165, 1.54) is 5.56 Å². The molecule has 0 aliphatic rings. The molecule has 4 rings (SSSR count). The summed E-state index contributed by atoms with van der Waals surface area (Å²) in [5.74, 6) is 1.41. The number of hydrogen-bond acceptors (Lipinski definition) is 4. The van der Waals surface area contributed by atoms with Crippen molar-refractivity contribution < 1.29 is 9.15 Å². The van der Waals surface area contributed by atoms with Gasteiger partial charge in [-0.3, -0.25) is 0 Å². The minimum atomic E-state index is 0.382. The van der Waals surface area contributed by atoms with Crippen LogP contribution in [0.15, 0.2) is 84.0 Å². The van der Waals surface area contributed by atoms with Crippen molar-refractivity contribution in [1.29, 1.82) is 0 Å². The second kappa shape index (κ2) is 10.3. The summed E-state index contributed by atoms with van der Waals surface area (Å²) in [6.45, 7) is 1.40. The molecule has 0 N–H and O–H groups in total. The van der Waals surface area contributed by atoms with Crippen LogP contribution in [0.2, 0.25) is 0 Å². The highest BCUT2D eigenvalue weighted by atomic mass is 16.5. The van der Waals surface area contributed by atoms with Gasteiger partial charge in [-0.05, 0) is 48.6 Å². The Kier molecular flexibility index (Phi) is 6.74. The van der Waals surface area contributed by atoms with Gasteiger partial charge in [-0.1, -0.05) is 42.5 Å². The van der Waals surface area contributed by atoms with Gasteiger partial charge in [-0.2, -0.15) is 0 Å². The van der Waals surface area contributed by atoms with Crippen LogP contribution in [0.25, 0.3) is 12.2 Å². The van der Waals surface area contributed by atoms with Crippen LogP contribution in [0.5, 0.6) is 5.75 Å². The molecule has 0 aliphatic carbocycles. The number of ether oxygens (including phenoxy) is 1. The summed E-state index contributed by atoms with van der Waals surface area (Å²) in [7, 11) is 0. The van der Waals surface area contributed by atoms with Gasteiger partial charge in [0, 0.05) is 25.0 Å². The minimum absolute atomic E-state index is 0.382. The van der Waals surface area contributed by atoms with Crippen LogP contribution >= 0.6 is 0 Å². The van der Waals surface area contributed by atoms with Gasteiger partial charge in [0.15, 0.2) is 0 Å². The van der Waals surface area contributed by atoms with Crippen molar-refractivity contribution in [2.24, 2.45) is 0 Å². The van der Waals surface area contributed by atoms with Gasteiger partial charge in [-0.25, -0.2) is 9.97 Å². The molecule has 4 aromatic rings. The number of imidazole rings is 1. The molecule has 0 fully saturated rings. The number of benzene rings is 2. The Hall–Kier alpha value is -3.60. The zero-order valence-electron chi connectivity index (χ0n) is 16.9. The number of oxazole rings is 1. The molecule has 0 unspecified atom stereocenters. The molecule has 0 amide bonds. The van der Waals surface area contributed by atoms with Crippen molar-refractivity contribution >= 4 is 12.2 Å². The first kappa shape index (κ1) is 19.7. The lowest BCUT2D eigenvalue weighted by molar-refractivity contribution is 0.301. The number of rotatable bonds is 10. The number of hydrogen-bond donors (Lipinski definition) is 0. The predicted octanol–water partition coefficient (Wildman–Crippen LogP) is 5.64. The van der Waals surface area contributed by atoms with E-state index in [-0.39, 0.29) is 0 Å². The van der Waals surface area contributed by atoms with Gasteiger partial charge in [0.2, 0.25) is 5.89 Å². The Bertz CT molecular complexity index is 1040. The second-order valence-electron chi connectivity index (χ2n) is 7.11. The van der Waals surface area contributed by atoms with Crippen LogP contribution in [0.4, 0.5) is 0 Å². The van der Waals surface area contributed by atoms with E-state index in [0.29, 0.717) is 12.5 Å². The second-order valence-corrected chi connectivity index (χ2v) is 7.11. The Morgan fingerprint density at radius 1 is 0.967 bits per heavy atom. The number of nitrogens with zero attached hydrogens (tertiary/aromatic N) is 3. The smallest absolute Gasteiger partial charge is 0.218 e. The average Bonchev–Trinajstić information content (AvgIpc) is 3.47. The summed E-state index contributed by atoms with van der Waals surface area (Å²) in [4.78, 5) is 8.51. The third kappa shape index (κ3) is 5.95. The van der Waals surface area contributed by atoms with Crippen molar-refractivity contribution in [3.8, 4) is 5.75 Å². The maximum absolute atomic E-state index is 5.84. The SMILES string of the molecule is C(=C\c1nc(COc2ccc(CCCCn3ccnc3)cc2)co1)/c1ccccc1. The van der Waals surface area contributed by atoms with Crippen molar-refractivity contribution in [3.05, 3.63) is 102 Å². The van der Waals surface area contributed by atoms with Crippen molar-refractivity contribution in [3.63, 3.8) is 0 Å². The Morgan fingerprint density at radius 3 is 2.63 bits per heavy atom. The van der Waals surface area contributed by atoms with Gasteiger partial charge in [0.05, 0.1) is 6.33 Å². The lowest BCUT2D eigenvalue weighted by Crippen LogP contribution is -1.97. The number of aromatic nitrogens is 3. The van der Waals surface area contributed by atoms with Crippen LogP contribution < -0.4 is 4.74 Å². The third-order valence-corrected chi connectivity index (χ3v) is 4.79. The molecule has 30 heavy (non-hydrogen) atoms. The normalized spacial score (nSPS) is 11.2. The zero-order valence-corrected chi connectivity index (χ0v) is 16.9. The van der Waals surface area contributed by atoms with Gasteiger partial charge in [0.25, 0.3) is 0 Å². The summed E-state index contributed by atoms with van der Waals surface area (Å²) in [6.07, 6.45) is 14.5. The highest BCUT2D eigenvalue weighted by Crippen LogP contribution is 2.16. The molecule has 0 saturated heterocycles. The summed E-state index contributed by atoms with van der Waals surface area (Å²) < 4.78 is 13.4. The molecule has 152 valence electrons. The Labute approximate surface area is 176 Å². The summed E-state index contributed by atoms with van der Waals surface area (Å²) in [5.41, 5.74) is 3.20. The molecule has 2 heterocycles. The Balaban J connectivity index is 1.20. The lowest BCUT2D eigenvalue weighted by atomic mass is 10.1. The molecule has 0 radical (unpaired) electrons. The maximum atomic E-state index is 5.84. The monoisotopic (exact) mass is 399 g/mol. The molecule has 0 spiro atoms. The van der Waals surface area contributed by atoms with Crippen molar-refractivity contribution in [1.82, 2.24) is 14.5 Å². The molecule has 0 bridgehead atoms. The van der Waals surface area contributed by atoms with Crippen LogP contribution in [0.1, 0.15) is 35.6 Å². The molecule has 2 aromatic carbocycles. The first-order chi connectivity index (χ1) is 14.8. The minimum Gasteiger partial charge on any atom is -0.487 e. The first-order valence-corrected chi connectivity index (χ1v) is 10.2. The van der Waals surface area contributed by atoms with E-state index in [9.17, 15) is 0 Å². The molecule has 0 atom stereocenters. The largest absolute Gasteiger partial charge is 0.487 e. The van der Waals surface area contributed by atoms with Crippen molar-refractivity contribution in [2.75, 3.05) is 0 Å². The quantitative estimate of drug-likeness (QED) is 0.324. The van der Waals surface area contributed by atoms with E-state index in [2.05, 4.69) is 26.7 Å². The van der Waals surface area contributed by atoms with Crippen molar-refractivity contribution in [2.45, 2.75) is 32.4 Å². The van der Waals surface area contributed by atoms with E-state index in [1.807, 2.05) is 73.3 Å². The lowest BCUT2D eigenvalue weighted by Gasteiger charge is -2.06. The fourth-order valence-corrected chi connectivity index (χ4v) is 3.15. The van der Waals surface area contributed by atoms with E-state index >= 15 is 0 Å². The van der Waals surface area contributed by atoms with Crippen LogP contribution in [0.3, 0.4) is 0 Å². The predicted molar refractivity (Wildman–Crippen MR) is 118 cm³/mol. The zero-order chi connectivity index (χ0) is 20.4. The van der Waals surface area contributed by atoms with E-state index in [4.69, 9.17) is 9.15 Å². The number of unbranched alkanes of at least 4 members (excludes halogenated alkanes) is 1. The highest BCUT2D eigenvalue weighted by molar-refractivity contribution is 5.65. The molecular weight excluding hydrogens is 374 g/mol.